The second-order valence-electron chi connectivity index (χ2n) is 4.20. The lowest BCUT2D eigenvalue weighted by Crippen LogP contribution is -1.97. The molecule has 6 nitrogen and oxygen atoms in total. The van der Waals surface area contributed by atoms with Gasteiger partial charge in [-0.15, -0.1) is 22.7 Å². The summed E-state index contributed by atoms with van der Waals surface area (Å²) in [5.41, 5.74) is 0. The Morgan fingerprint density at radius 3 is 2.19 bits per heavy atom. The number of methoxy groups -OCH3 is 1. The minimum Gasteiger partial charge on any atom is -0.505 e. The Balaban J connectivity index is 0.000000419. The minimum atomic E-state index is -0.516. The standard InChI is InChI=1S/C8H10Br2OS.C6H5BrO3S.CO2/c1-6-8(7(10)5-12-6)11-4-2-3-9;1-10-6(9)5-4(8)3(7)2-11-5;2-1-3/h5H,2-4H2,1H3;2,8H,1H3;. The second-order valence-corrected chi connectivity index (χ2v) is 8.66. The van der Waals surface area contributed by atoms with Gasteiger partial charge < -0.3 is 14.6 Å². The molecule has 0 atom stereocenters. The van der Waals surface area contributed by atoms with Gasteiger partial charge >= 0.3 is 12.1 Å². The number of esters is 1. The molecule has 0 spiro atoms. The van der Waals surface area contributed by atoms with Crippen LogP contribution in [0.4, 0.5) is 0 Å². The van der Waals surface area contributed by atoms with Crippen LogP contribution in [0.1, 0.15) is 21.0 Å². The number of carbonyl (C=O) groups excluding carboxylic acids is 3. The first-order valence-electron chi connectivity index (χ1n) is 6.79. The van der Waals surface area contributed by atoms with Gasteiger partial charge in [0.2, 0.25) is 0 Å². The number of hydrogen-bond acceptors (Lipinski definition) is 8. The van der Waals surface area contributed by atoms with Gasteiger partial charge in [-0.05, 0) is 45.2 Å². The normalized spacial score (nSPS) is 9.12. The number of alkyl halides is 1. The smallest absolute Gasteiger partial charge is 0.373 e. The van der Waals surface area contributed by atoms with Gasteiger partial charge in [0, 0.05) is 21.0 Å². The van der Waals surface area contributed by atoms with Crippen molar-refractivity contribution in [1.29, 1.82) is 0 Å². The molecule has 2 heterocycles. The van der Waals surface area contributed by atoms with Crippen LogP contribution in [0.25, 0.3) is 0 Å². The highest BCUT2D eigenvalue weighted by molar-refractivity contribution is 9.11. The lowest BCUT2D eigenvalue weighted by atomic mass is 10.4. The van der Waals surface area contributed by atoms with Crippen molar-refractivity contribution in [2.45, 2.75) is 13.3 Å². The molecular formula is C15H15Br3O6S2. The number of aryl methyl sites for hydroxylation is 1. The molecule has 0 fully saturated rings. The number of aromatic hydroxyl groups is 1. The zero-order chi connectivity index (χ0) is 20.1. The predicted octanol–water partition coefficient (Wildman–Crippen LogP) is 5.40. The van der Waals surface area contributed by atoms with E-state index >= 15 is 0 Å². The van der Waals surface area contributed by atoms with Gasteiger partial charge in [0.25, 0.3) is 0 Å². The number of rotatable bonds is 5. The van der Waals surface area contributed by atoms with Crippen molar-refractivity contribution < 1.29 is 29.0 Å². The molecule has 0 aliphatic rings. The van der Waals surface area contributed by atoms with Crippen LogP contribution < -0.4 is 4.74 Å². The quantitative estimate of drug-likeness (QED) is 0.283. The molecule has 0 amide bonds. The number of thiophene rings is 2. The molecule has 0 saturated carbocycles. The maximum atomic E-state index is 10.9. The van der Waals surface area contributed by atoms with Crippen LogP contribution in [0.5, 0.6) is 11.5 Å². The SMILES string of the molecule is COC(=O)c1scc(Br)c1O.Cc1scc(Br)c1OCCCBr.O=C=O. The van der Waals surface area contributed by atoms with Gasteiger partial charge in [-0.2, -0.15) is 9.59 Å². The van der Waals surface area contributed by atoms with Crippen LogP contribution in [-0.4, -0.2) is 36.3 Å². The summed E-state index contributed by atoms with van der Waals surface area (Å²) in [7, 11) is 1.27. The Bertz CT molecular complexity index is 704. The van der Waals surface area contributed by atoms with E-state index < -0.39 is 5.97 Å². The highest BCUT2D eigenvalue weighted by Gasteiger charge is 2.15. The summed E-state index contributed by atoms with van der Waals surface area (Å²) in [6.45, 7) is 2.85. The van der Waals surface area contributed by atoms with E-state index in [2.05, 4.69) is 64.8 Å². The molecule has 1 N–H and O–H groups in total. The Hall–Kier alpha value is -0.710. The number of carbonyl (C=O) groups is 1. The van der Waals surface area contributed by atoms with Crippen molar-refractivity contribution in [2.75, 3.05) is 19.0 Å². The summed E-state index contributed by atoms with van der Waals surface area (Å²) in [5, 5.41) is 13.9. The van der Waals surface area contributed by atoms with E-state index in [1.807, 2.05) is 0 Å². The van der Waals surface area contributed by atoms with E-state index in [1.54, 1.807) is 16.7 Å². The van der Waals surface area contributed by atoms with Crippen LogP contribution in [0, 0.1) is 6.92 Å². The van der Waals surface area contributed by atoms with Gasteiger partial charge in [-0.25, -0.2) is 4.79 Å². The van der Waals surface area contributed by atoms with Crippen molar-refractivity contribution in [1.82, 2.24) is 0 Å². The topological polar surface area (TPSA) is 89.9 Å². The molecule has 2 rings (SSSR count). The molecule has 2 aromatic heterocycles. The molecule has 2 aromatic rings. The third kappa shape index (κ3) is 8.79. The first-order valence-corrected chi connectivity index (χ1v) is 11.3. The zero-order valence-electron chi connectivity index (χ0n) is 13.7. The molecule has 0 aliphatic heterocycles. The first-order chi connectivity index (χ1) is 12.3. The molecule has 0 saturated heterocycles. The van der Waals surface area contributed by atoms with E-state index in [-0.39, 0.29) is 16.8 Å². The van der Waals surface area contributed by atoms with Gasteiger partial charge in [-0.3, -0.25) is 0 Å². The molecule has 0 aliphatic carbocycles. The highest BCUT2D eigenvalue weighted by atomic mass is 79.9. The van der Waals surface area contributed by atoms with Crippen LogP contribution in [-0.2, 0) is 14.3 Å². The Labute approximate surface area is 183 Å². The predicted molar refractivity (Wildman–Crippen MR) is 111 cm³/mol. The molecule has 0 unspecified atom stereocenters. The van der Waals surface area contributed by atoms with Gasteiger partial charge in [0.1, 0.15) is 5.75 Å². The van der Waals surface area contributed by atoms with E-state index in [0.717, 1.165) is 39.9 Å². The van der Waals surface area contributed by atoms with Gasteiger partial charge in [0.05, 0.1) is 22.7 Å². The molecule has 0 radical (unpaired) electrons. The van der Waals surface area contributed by atoms with E-state index in [1.165, 1.54) is 12.0 Å². The van der Waals surface area contributed by atoms with Crippen molar-refractivity contribution in [3.8, 4) is 11.5 Å². The Morgan fingerprint density at radius 1 is 1.23 bits per heavy atom. The first kappa shape index (κ1) is 25.3. The summed E-state index contributed by atoms with van der Waals surface area (Å²) >= 11 is 12.7. The monoisotopic (exact) mass is 592 g/mol. The number of ether oxygens (including phenoxy) is 2. The summed E-state index contributed by atoms with van der Waals surface area (Å²) in [6, 6.07) is 0. The van der Waals surface area contributed by atoms with Crippen LogP contribution >= 0.6 is 70.5 Å². The van der Waals surface area contributed by atoms with Crippen molar-refractivity contribution in [3.63, 3.8) is 0 Å². The maximum absolute atomic E-state index is 10.9. The van der Waals surface area contributed by atoms with E-state index in [0.29, 0.717) is 4.47 Å². The van der Waals surface area contributed by atoms with Crippen molar-refractivity contribution >= 4 is 82.6 Å². The fraction of sp³-hybridized carbons (Fsp3) is 0.333. The third-order valence-electron chi connectivity index (χ3n) is 2.49. The number of hydrogen-bond donors (Lipinski definition) is 1. The van der Waals surface area contributed by atoms with Gasteiger partial charge in [-0.1, -0.05) is 15.9 Å². The molecule has 26 heavy (non-hydrogen) atoms. The summed E-state index contributed by atoms with van der Waals surface area (Å²) in [5.74, 6) is 0.431. The van der Waals surface area contributed by atoms with Gasteiger partial charge in [0.15, 0.2) is 10.6 Å². The van der Waals surface area contributed by atoms with E-state index in [4.69, 9.17) is 14.3 Å². The Morgan fingerprint density at radius 2 is 1.81 bits per heavy atom. The third-order valence-corrected chi connectivity index (χ3v) is 6.69. The molecule has 11 heteroatoms. The maximum Gasteiger partial charge on any atom is 0.373 e. The van der Waals surface area contributed by atoms with Crippen molar-refractivity contribution in [3.05, 3.63) is 29.5 Å². The lowest BCUT2D eigenvalue weighted by Gasteiger charge is -2.04. The molecule has 144 valence electrons. The van der Waals surface area contributed by atoms with Crippen molar-refractivity contribution in [2.24, 2.45) is 0 Å². The molecule has 0 aromatic carbocycles. The average Bonchev–Trinajstić information content (AvgIpc) is 3.12. The summed E-state index contributed by atoms with van der Waals surface area (Å²) < 4.78 is 11.6. The van der Waals surface area contributed by atoms with Crippen LogP contribution in [0.15, 0.2) is 19.7 Å². The fourth-order valence-electron chi connectivity index (χ4n) is 1.38. The highest BCUT2D eigenvalue weighted by Crippen LogP contribution is 2.34. The zero-order valence-corrected chi connectivity index (χ0v) is 20.1. The summed E-state index contributed by atoms with van der Waals surface area (Å²) in [4.78, 5) is 28.6. The van der Waals surface area contributed by atoms with Crippen LogP contribution in [0.3, 0.4) is 0 Å². The summed E-state index contributed by atoms with van der Waals surface area (Å²) in [6.07, 6.45) is 1.29. The van der Waals surface area contributed by atoms with Crippen LogP contribution in [0.2, 0.25) is 0 Å². The lowest BCUT2D eigenvalue weighted by molar-refractivity contribution is -0.191. The molecular weight excluding hydrogens is 580 g/mol. The molecule has 0 bridgehead atoms. The minimum absolute atomic E-state index is 0.0538. The Kier molecular flexibility index (Phi) is 14.0. The average molecular weight is 595 g/mol. The fourth-order valence-corrected chi connectivity index (χ4v) is 4.44. The van der Waals surface area contributed by atoms with E-state index in [9.17, 15) is 9.90 Å². The number of halogens is 3. The largest absolute Gasteiger partial charge is 0.505 e. The second kappa shape index (κ2) is 14.4.